The Morgan fingerprint density at radius 1 is 1.00 bits per heavy atom. The van der Waals surface area contributed by atoms with Crippen LogP contribution in [0.2, 0.25) is 0 Å². The molecule has 0 spiro atoms. The third-order valence-corrected chi connectivity index (χ3v) is 4.64. The van der Waals surface area contributed by atoms with E-state index in [1.165, 1.54) is 26.4 Å². The van der Waals surface area contributed by atoms with Crippen LogP contribution in [-0.2, 0) is 4.74 Å². The fourth-order valence-electron chi connectivity index (χ4n) is 2.68. The van der Waals surface area contributed by atoms with Crippen molar-refractivity contribution in [2.24, 2.45) is 0 Å². The maximum absolute atomic E-state index is 11.6. The van der Waals surface area contributed by atoms with Crippen LogP contribution in [0.5, 0.6) is 5.75 Å². The first-order valence-electron chi connectivity index (χ1n) is 8.74. The van der Waals surface area contributed by atoms with Gasteiger partial charge in [-0.2, -0.15) is 0 Å². The molecule has 0 bridgehead atoms. The summed E-state index contributed by atoms with van der Waals surface area (Å²) in [6.07, 6.45) is 5.71. The van der Waals surface area contributed by atoms with E-state index in [1.54, 1.807) is 12.1 Å². The van der Waals surface area contributed by atoms with Crippen LogP contribution in [0.1, 0.15) is 61.1 Å². The van der Waals surface area contributed by atoms with E-state index >= 15 is 0 Å². The van der Waals surface area contributed by atoms with Crippen molar-refractivity contribution in [1.82, 2.24) is 0 Å². The highest BCUT2D eigenvalue weighted by atomic mass is 79.9. The maximum atomic E-state index is 11.6. The highest BCUT2D eigenvalue weighted by molar-refractivity contribution is 9.10. The lowest BCUT2D eigenvalue weighted by Crippen LogP contribution is -2.09. The van der Waals surface area contributed by atoms with Crippen molar-refractivity contribution in [2.75, 3.05) is 7.11 Å². The first-order chi connectivity index (χ1) is 12.1. The number of carbonyl (C=O) groups is 1. The Labute approximate surface area is 158 Å². The van der Waals surface area contributed by atoms with Crippen molar-refractivity contribution in [3.05, 3.63) is 64.1 Å². The third-order valence-electron chi connectivity index (χ3n) is 4.12. The summed E-state index contributed by atoms with van der Waals surface area (Å²) in [6, 6.07) is 15.4. The number of rotatable bonds is 9. The minimum absolute atomic E-state index is 0.0234. The molecule has 0 heterocycles. The minimum atomic E-state index is -0.320. The number of halogens is 1. The van der Waals surface area contributed by atoms with Crippen LogP contribution in [0, 0.1) is 0 Å². The summed E-state index contributed by atoms with van der Waals surface area (Å²) in [5.74, 6) is 0.528. The van der Waals surface area contributed by atoms with Crippen molar-refractivity contribution in [1.29, 1.82) is 0 Å². The molecule has 0 aromatic heterocycles. The largest absolute Gasteiger partial charge is 0.486 e. The molecule has 134 valence electrons. The maximum Gasteiger partial charge on any atom is 0.337 e. The Balaban J connectivity index is 2.12. The first-order valence-corrected chi connectivity index (χ1v) is 9.54. The number of carbonyl (C=O) groups excluding carboxylic acids is 1. The van der Waals surface area contributed by atoms with Gasteiger partial charge in [0.2, 0.25) is 0 Å². The molecule has 0 N–H and O–H groups in total. The zero-order valence-electron chi connectivity index (χ0n) is 14.8. The first kappa shape index (κ1) is 19.5. The van der Waals surface area contributed by atoms with Gasteiger partial charge in [-0.15, -0.1) is 0 Å². The predicted octanol–water partition coefficient (Wildman–Crippen LogP) is 6.33. The van der Waals surface area contributed by atoms with Gasteiger partial charge in [0, 0.05) is 4.47 Å². The Kier molecular flexibility index (Phi) is 7.99. The molecule has 2 aromatic rings. The lowest BCUT2D eigenvalue weighted by atomic mass is 10.0. The van der Waals surface area contributed by atoms with E-state index in [-0.39, 0.29) is 12.1 Å². The highest BCUT2D eigenvalue weighted by Gasteiger charge is 2.15. The lowest BCUT2D eigenvalue weighted by molar-refractivity contribution is 0.0600. The molecule has 25 heavy (non-hydrogen) atoms. The van der Waals surface area contributed by atoms with Crippen LogP contribution >= 0.6 is 15.9 Å². The SMILES string of the molecule is CCCCCCC(Oc1ccc(Br)cc1)c1ccc(C(=O)OC)cc1. The molecule has 0 aliphatic carbocycles. The normalized spacial score (nSPS) is 11.8. The summed E-state index contributed by atoms with van der Waals surface area (Å²) in [7, 11) is 1.39. The summed E-state index contributed by atoms with van der Waals surface area (Å²) < 4.78 is 12.0. The van der Waals surface area contributed by atoms with Crippen molar-refractivity contribution in [3.63, 3.8) is 0 Å². The molecule has 1 unspecified atom stereocenters. The molecule has 2 aromatic carbocycles. The molecule has 0 fully saturated rings. The van der Waals surface area contributed by atoms with E-state index in [0.717, 1.165) is 28.6 Å². The predicted molar refractivity (Wildman–Crippen MR) is 104 cm³/mol. The van der Waals surface area contributed by atoms with Gasteiger partial charge in [-0.05, 0) is 54.8 Å². The van der Waals surface area contributed by atoms with E-state index in [1.807, 2.05) is 36.4 Å². The van der Waals surface area contributed by atoms with Crippen molar-refractivity contribution in [3.8, 4) is 5.75 Å². The average molecular weight is 405 g/mol. The van der Waals surface area contributed by atoms with Gasteiger partial charge < -0.3 is 9.47 Å². The van der Waals surface area contributed by atoms with Gasteiger partial charge >= 0.3 is 5.97 Å². The molecule has 3 nitrogen and oxygen atoms in total. The molecule has 1 atom stereocenters. The third kappa shape index (κ3) is 6.20. The summed E-state index contributed by atoms with van der Waals surface area (Å²) in [6.45, 7) is 2.21. The molecule has 0 saturated heterocycles. The Hall–Kier alpha value is -1.81. The lowest BCUT2D eigenvalue weighted by Gasteiger charge is -2.20. The molecule has 0 saturated carbocycles. The minimum Gasteiger partial charge on any atom is -0.486 e. The van der Waals surface area contributed by atoms with Gasteiger partial charge in [0.25, 0.3) is 0 Å². The molecule has 0 amide bonds. The second kappa shape index (κ2) is 10.2. The van der Waals surface area contributed by atoms with Crippen LogP contribution in [0.3, 0.4) is 0 Å². The zero-order chi connectivity index (χ0) is 18.1. The average Bonchev–Trinajstić information content (AvgIpc) is 2.65. The number of benzene rings is 2. The number of esters is 1. The zero-order valence-corrected chi connectivity index (χ0v) is 16.4. The smallest absolute Gasteiger partial charge is 0.337 e. The molecule has 0 aliphatic heterocycles. The number of ether oxygens (including phenoxy) is 2. The summed E-state index contributed by atoms with van der Waals surface area (Å²) in [5, 5.41) is 0. The summed E-state index contributed by atoms with van der Waals surface area (Å²) in [5.41, 5.74) is 1.63. The molecular formula is C21H25BrO3. The van der Waals surface area contributed by atoms with Crippen LogP contribution in [0.25, 0.3) is 0 Å². The van der Waals surface area contributed by atoms with Crippen LogP contribution in [0.4, 0.5) is 0 Å². The van der Waals surface area contributed by atoms with Crippen molar-refractivity contribution in [2.45, 2.75) is 45.1 Å². The van der Waals surface area contributed by atoms with Crippen LogP contribution in [-0.4, -0.2) is 13.1 Å². The summed E-state index contributed by atoms with van der Waals surface area (Å²) >= 11 is 3.44. The monoisotopic (exact) mass is 404 g/mol. The van der Waals surface area contributed by atoms with E-state index in [2.05, 4.69) is 22.9 Å². The van der Waals surface area contributed by atoms with Crippen LogP contribution < -0.4 is 4.74 Å². The van der Waals surface area contributed by atoms with Gasteiger partial charge in [-0.3, -0.25) is 0 Å². The molecule has 4 heteroatoms. The molecule has 0 radical (unpaired) electrons. The van der Waals surface area contributed by atoms with Gasteiger partial charge in [0.15, 0.2) is 0 Å². The second-order valence-corrected chi connectivity index (χ2v) is 6.94. The van der Waals surface area contributed by atoms with Crippen LogP contribution in [0.15, 0.2) is 53.0 Å². The van der Waals surface area contributed by atoms with Gasteiger partial charge in [-0.25, -0.2) is 4.79 Å². The van der Waals surface area contributed by atoms with E-state index < -0.39 is 0 Å². The second-order valence-electron chi connectivity index (χ2n) is 6.02. The molecule has 2 rings (SSSR count). The van der Waals surface area contributed by atoms with Gasteiger partial charge in [-0.1, -0.05) is 54.2 Å². The van der Waals surface area contributed by atoms with Gasteiger partial charge in [0.1, 0.15) is 11.9 Å². The Morgan fingerprint density at radius 3 is 2.28 bits per heavy atom. The van der Waals surface area contributed by atoms with E-state index in [4.69, 9.17) is 9.47 Å². The Bertz CT molecular complexity index is 650. The number of unbranched alkanes of at least 4 members (excludes halogenated alkanes) is 3. The molecule has 0 aliphatic rings. The quantitative estimate of drug-likeness (QED) is 0.361. The Morgan fingerprint density at radius 2 is 1.68 bits per heavy atom. The summed E-state index contributed by atoms with van der Waals surface area (Å²) in [4.78, 5) is 11.6. The number of hydrogen-bond donors (Lipinski definition) is 0. The number of hydrogen-bond acceptors (Lipinski definition) is 3. The fourth-order valence-corrected chi connectivity index (χ4v) is 2.94. The standard InChI is InChI=1S/C21H25BrO3/c1-3-4-5-6-7-20(25-19-14-12-18(22)13-15-19)16-8-10-17(11-9-16)21(23)24-2/h8-15,20H,3-7H2,1-2H3. The van der Waals surface area contributed by atoms with Crippen molar-refractivity contribution >= 4 is 21.9 Å². The van der Waals surface area contributed by atoms with E-state index in [0.29, 0.717) is 5.56 Å². The number of methoxy groups -OCH3 is 1. The van der Waals surface area contributed by atoms with E-state index in [9.17, 15) is 4.79 Å². The topological polar surface area (TPSA) is 35.5 Å². The van der Waals surface area contributed by atoms with Crippen molar-refractivity contribution < 1.29 is 14.3 Å². The molecular weight excluding hydrogens is 380 g/mol. The van der Waals surface area contributed by atoms with Gasteiger partial charge in [0.05, 0.1) is 12.7 Å². The highest BCUT2D eigenvalue weighted by Crippen LogP contribution is 2.28. The fraction of sp³-hybridized carbons (Fsp3) is 0.381.